The number of ether oxygens (including phenoxy) is 1. The van der Waals surface area contributed by atoms with Gasteiger partial charge in [-0.25, -0.2) is 4.79 Å². The Balaban J connectivity index is 1.28. The van der Waals surface area contributed by atoms with Crippen LogP contribution in [0.5, 0.6) is 0 Å². The van der Waals surface area contributed by atoms with E-state index in [1.807, 2.05) is 41.3 Å². The Bertz CT molecular complexity index is 832. The lowest BCUT2D eigenvalue weighted by atomic mass is 9.90. The molecule has 2 amide bonds. The Labute approximate surface area is 178 Å². The van der Waals surface area contributed by atoms with Crippen molar-refractivity contribution in [3.8, 4) is 0 Å². The minimum atomic E-state index is -0.381. The van der Waals surface area contributed by atoms with Crippen molar-refractivity contribution in [1.29, 1.82) is 0 Å². The summed E-state index contributed by atoms with van der Waals surface area (Å²) >= 11 is 0. The predicted molar refractivity (Wildman–Crippen MR) is 116 cm³/mol. The second-order valence-corrected chi connectivity index (χ2v) is 8.35. The predicted octanol–water partition coefficient (Wildman–Crippen LogP) is 4.27. The Morgan fingerprint density at radius 3 is 2.13 bits per heavy atom. The third-order valence-corrected chi connectivity index (χ3v) is 6.27. The fourth-order valence-corrected chi connectivity index (χ4v) is 4.56. The average molecular weight is 407 g/mol. The highest BCUT2D eigenvalue weighted by Gasteiger charge is 2.38. The van der Waals surface area contributed by atoms with Gasteiger partial charge in [0.25, 0.3) is 0 Å². The zero-order valence-electron chi connectivity index (χ0n) is 17.4. The molecule has 0 aromatic heterocycles. The van der Waals surface area contributed by atoms with Crippen LogP contribution in [0.25, 0.3) is 0 Å². The molecule has 2 saturated heterocycles. The van der Waals surface area contributed by atoms with Gasteiger partial charge in [0.15, 0.2) is 0 Å². The van der Waals surface area contributed by atoms with Crippen LogP contribution in [0, 0.1) is 5.92 Å². The van der Waals surface area contributed by atoms with Crippen LogP contribution in [0.2, 0.25) is 0 Å². The van der Waals surface area contributed by atoms with Gasteiger partial charge in [0.2, 0.25) is 5.91 Å². The summed E-state index contributed by atoms with van der Waals surface area (Å²) in [6.07, 6.45) is 4.31. The number of amides is 2. The van der Waals surface area contributed by atoms with Crippen molar-refractivity contribution in [2.75, 3.05) is 19.6 Å². The summed E-state index contributed by atoms with van der Waals surface area (Å²) in [6.45, 7) is 2.38. The monoisotopic (exact) mass is 406 g/mol. The summed E-state index contributed by atoms with van der Waals surface area (Å²) in [5.41, 5.74) is 2.32. The van der Waals surface area contributed by atoms with Gasteiger partial charge in [-0.3, -0.25) is 9.69 Å². The Morgan fingerprint density at radius 2 is 1.47 bits per heavy atom. The van der Waals surface area contributed by atoms with E-state index in [0.29, 0.717) is 12.5 Å². The number of piperidine rings is 1. The first-order valence-electron chi connectivity index (χ1n) is 11.0. The number of rotatable bonds is 5. The van der Waals surface area contributed by atoms with Crippen LogP contribution in [0.3, 0.4) is 0 Å². The summed E-state index contributed by atoms with van der Waals surface area (Å²) in [7, 11) is 0. The minimum absolute atomic E-state index is 0.0855. The SMILES string of the molecule is O=C([C@H]1CCCN1C(=O)OCc1ccccc1)N1CCC(Cc2ccccc2)CC1. The van der Waals surface area contributed by atoms with Gasteiger partial charge in [-0.2, -0.15) is 0 Å². The topological polar surface area (TPSA) is 49.9 Å². The Hall–Kier alpha value is -2.82. The molecule has 30 heavy (non-hydrogen) atoms. The largest absolute Gasteiger partial charge is 0.445 e. The first-order chi connectivity index (χ1) is 14.7. The highest BCUT2D eigenvalue weighted by atomic mass is 16.6. The highest BCUT2D eigenvalue weighted by Crippen LogP contribution is 2.26. The fourth-order valence-electron chi connectivity index (χ4n) is 4.56. The third-order valence-electron chi connectivity index (χ3n) is 6.27. The van der Waals surface area contributed by atoms with E-state index in [0.717, 1.165) is 50.8 Å². The molecule has 4 rings (SSSR count). The molecule has 0 saturated carbocycles. The van der Waals surface area contributed by atoms with Gasteiger partial charge in [-0.15, -0.1) is 0 Å². The number of carbonyl (C=O) groups excluding carboxylic acids is 2. The quantitative estimate of drug-likeness (QED) is 0.745. The van der Waals surface area contributed by atoms with E-state index in [2.05, 4.69) is 24.3 Å². The molecule has 1 atom stereocenters. The van der Waals surface area contributed by atoms with E-state index in [4.69, 9.17) is 4.74 Å². The smallest absolute Gasteiger partial charge is 0.410 e. The first kappa shape index (κ1) is 20.5. The number of nitrogens with zero attached hydrogens (tertiary/aromatic N) is 2. The minimum Gasteiger partial charge on any atom is -0.445 e. The van der Waals surface area contributed by atoms with Crippen LogP contribution < -0.4 is 0 Å². The zero-order valence-corrected chi connectivity index (χ0v) is 17.4. The summed E-state index contributed by atoms with van der Waals surface area (Å²) in [5, 5.41) is 0. The van der Waals surface area contributed by atoms with Crippen LogP contribution in [0.1, 0.15) is 36.8 Å². The molecule has 0 radical (unpaired) electrons. The molecule has 0 unspecified atom stereocenters. The molecule has 0 N–H and O–H groups in total. The molecule has 5 heteroatoms. The summed E-state index contributed by atoms with van der Waals surface area (Å²) in [6, 6.07) is 19.8. The molecule has 2 fully saturated rings. The van der Waals surface area contributed by atoms with E-state index in [1.165, 1.54) is 5.56 Å². The first-order valence-corrected chi connectivity index (χ1v) is 11.0. The molecule has 0 bridgehead atoms. The molecule has 0 aliphatic carbocycles. The summed E-state index contributed by atoms with van der Waals surface area (Å²) < 4.78 is 5.48. The number of hydrogen-bond donors (Lipinski definition) is 0. The molecule has 2 heterocycles. The molecule has 2 aromatic rings. The molecule has 0 spiro atoms. The van der Waals surface area contributed by atoms with Crippen LogP contribution >= 0.6 is 0 Å². The van der Waals surface area contributed by atoms with Crippen molar-refractivity contribution >= 4 is 12.0 Å². The van der Waals surface area contributed by atoms with E-state index >= 15 is 0 Å². The standard InChI is InChI=1S/C25H30N2O3/c28-24(26-16-13-21(14-17-26)18-20-8-3-1-4-9-20)23-12-7-15-27(23)25(29)30-19-22-10-5-2-6-11-22/h1-6,8-11,21,23H,7,12-19H2/t23-/m1/s1. The summed E-state index contributed by atoms with van der Waals surface area (Å²) in [4.78, 5) is 29.3. The van der Waals surface area contributed by atoms with Crippen molar-refractivity contribution in [3.63, 3.8) is 0 Å². The van der Waals surface area contributed by atoms with Gasteiger partial charge in [-0.1, -0.05) is 60.7 Å². The van der Waals surface area contributed by atoms with E-state index < -0.39 is 0 Å². The van der Waals surface area contributed by atoms with Gasteiger partial charge < -0.3 is 9.64 Å². The number of benzene rings is 2. The molecule has 2 aliphatic rings. The van der Waals surface area contributed by atoms with Crippen LogP contribution in [-0.2, 0) is 22.6 Å². The van der Waals surface area contributed by atoms with Gasteiger partial charge in [-0.05, 0) is 49.1 Å². The van der Waals surface area contributed by atoms with Gasteiger partial charge in [0.1, 0.15) is 12.6 Å². The van der Waals surface area contributed by atoms with Gasteiger partial charge in [0.05, 0.1) is 0 Å². The maximum atomic E-state index is 13.1. The molecule has 158 valence electrons. The maximum absolute atomic E-state index is 13.1. The van der Waals surface area contributed by atoms with Crippen molar-refractivity contribution in [2.24, 2.45) is 5.92 Å². The van der Waals surface area contributed by atoms with Crippen molar-refractivity contribution in [2.45, 2.75) is 44.8 Å². The van der Waals surface area contributed by atoms with E-state index in [9.17, 15) is 9.59 Å². The third kappa shape index (κ3) is 5.02. The number of hydrogen-bond acceptors (Lipinski definition) is 3. The van der Waals surface area contributed by atoms with E-state index in [1.54, 1.807) is 4.90 Å². The number of carbonyl (C=O) groups is 2. The lowest BCUT2D eigenvalue weighted by molar-refractivity contribution is -0.137. The van der Waals surface area contributed by atoms with Crippen molar-refractivity contribution in [1.82, 2.24) is 9.80 Å². The molecule has 2 aromatic carbocycles. The van der Waals surface area contributed by atoms with Crippen LogP contribution in [0.15, 0.2) is 60.7 Å². The molecule has 2 aliphatic heterocycles. The average Bonchev–Trinajstić information content (AvgIpc) is 3.29. The molecule has 5 nitrogen and oxygen atoms in total. The lowest BCUT2D eigenvalue weighted by Crippen LogP contribution is -2.50. The molecular weight excluding hydrogens is 376 g/mol. The Kier molecular flexibility index (Phi) is 6.67. The van der Waals surface area contributed by atoms with Gasteiger partial charge in [0, 0.05) is 19.6 Å². The van der Waals surface area contributed by atoms with Crippen LogP contribution in [-0.4, -0.2) is 47.5 Å². The highest BCUT2D eigenvalue weighted by molar-refractivity contribution is 5.86. The maximum Gasteiger partial charge on any atom is 0.410 e. The second-order valence-electron chi connectivity index (χ2n) is 8.35. The fraction of sp³-hybridized carbons (Fsp3) is 0.440. The van der Waals surface area contributed by atoms with Crippen molar-refractivity contribution < 1.29 is 14.3 Å². The van der Waals surface area contributed by atoms with Crippen LogP contribution in [0.4, 0.5) is 4.79 Å². The van der Waals surface area contributed by atoms with Gasteiger partial charge >= 0.3 is 6.09 Å². The molecular formula is C25H30N2O3. The zero-order chi connectivity index (χ0) is 20.8. The van der Waals surface area contributed by atoms with E-state index in [-0.39, 0.29) is 24.6 Å². The van der Waals surface area contributed by atoms with Crippen molar-refractivity contribution in [3.05, 3.63) is 71.8 Å². The Morgan fingerprint density at radius 1 is 0.833 bits per heavy atom. The second kappa shape index (κ2) is 9.79. The lowest BCUT2D eigenvalue weighted by Gasteiger charge is -2.35. The number of likely N-dealkylation sites (tertiary alicyclic amines) is 2. The normalized spacial score (nSPS) is 19.7. The summed E-state index contributed by atoms with van der Waals surface area (Å²) in [5.74, 6) is 0.703.